The summed E-state index contributed by atoms with van der Waals surface area (Å²) >= 11 is 5.71. The van der Waals surface area contributed by atoms with Gasteiger partial charge in [-0.1, -0.05) is 0 Å². The standard InChI is InChI=1S/C11H10ClNO3S/c1-17(14,15)9-4-2-8(3-5-9)11-10(6-12)13-7-16-11/h2-5,7H,6H2,1H3. The van der Waals surface area contributed by atoms with Gasteiger partial charge in [0.15, 0.2) is 22.0 Å². The molecule has 0 aliphatic rings. The molecule has 1 aromatic heterocycles. The number of aromatic nitrogens is 1. The lowest BCUT2D eigenvalue weighted by Crippen LogP contribution is -1.96. The van der Waals surface area contributed by atoms with Crippen molar-refractivity contribution in [1.29, 1.82) is 0 Å². The van der Waals surface area contributed by atoms with Crippen molar-refractivity contribution < 1.29 is 12.8 Å². The fraction of sp³-hybridized carbons (Fsp3) is 0.182. The molecule has 0 N–H and O–H groups in total. The van der Waals surface area contributed by atoms with Crippen molar-refractivity contribution in [2.24, 2.45) is 0 Å². The third-order valence-electron chi connectivity index (χ3n) is 2.31. The quantitative estimate of drug-likeness (QED) is 0.805. The van der Waals surface area contributed by atoms with Gasteiger partial charge in [-0.15, -0.1) is 11.6 Å². The predicted octanol–water partition coefficient (Wildman–Crippen LogP) is 2.48. The van der Waals surface area contributed by atoms with E-state index < -0.39 is 9.84 Å². The summed E-state index contributed by atoms with van der Waals surface area (Å²) in [4.78, 5) is 4.24. The molecule has 1 aromatic carbocycles. The molecule has 0 amide bonds. The highest BCUT2D eigenvalue weighted by atomic mass is 35.5. The molecule has 2 aromatic rings. The maximum Gasteiger partial charge on any atom is 0.181 e. The van der Waals surface area contributed by atoms with Crippen molar-refractivity contribution in [2.75, 3.05) is 6.26 Å². The van der Waals surface area contributed by atoms with Crippen molar-refractivity contribution in [2.45, 2.75) is 10.8 Å². The molecular formula is C11H10ClNO3S. The van der Waals surface area contributed by atoms with Gasteiger partial charge in [-0.2, -0.15) is 0 Å². The summed E-state index contributed by atoms with van der Waals surface area (Å²) in [6, 6.07) is 6.41. The van der Waals surface area contributed by atoms with Crippen LogP contribution in [0, 0.1) is 0 Å². The number of halogens is 1. The number of nitrogens with zero attached hydrogens (tertiary/aromatic N) is 1. The fourth-order valence-corrected chi connectivity index (χ4v) is 2.27. The molecule has 0 bridgehead atoms. The fourth-order valence-electron chi connectivity index (χ4n) is 1.45. The monoisotopic (exact) mass is 271 g/mol. The maximum absolute atomic E-state index is 11.3. The van der Waals surface area contributed by atoms with Crippen LogP contribution in [0.4, 0.5) is 0 Å². The molecule has 0 aliphatic carbocycles. The Kier molecular flexibility index (Phi) is 3.22. The van der Waals surface area contributed by atoms with E-state index in [9.17, 15) is 8.42 Å². The van der Waals surface area contributed by atoms with Gasteiger partial charge < -0.3 is 4.42 Å². The maximum atomic E-state index is 11.3. The molecule has 0 saturated heterocycles. The number of sulfone groups is 1. The van der Waals surface area contributed by atoms with Crippen LogP contribution in [0.15, 0.2) is 40.0 Å². The van der Waals surface area contributed by atoms with E-state index in [-0.39, 0.29) is 10.8 Å². The average Bonchev–Trinajstić information content (AvgIpc) is 2.76. The Morgan fingerprint density at radius 3 is 2.47 bits per heavy atom. The number of oxazole rings is 1. The van der Waals surface area contributed by atoms with E-state index in [1.807, 2.05) is 0 Å². The first-order valence-corrected chi connectivity index (χ1v) is 7.24. The van der Waals surface area contributed by atoms with Gasteiger partial charge in [-0.25, -0.2) is 13.4 Å². The van der Waals surface area contributed by atoms with E-state index in [2.05, 4.69) is 4.98 Å². The second-order valence-electron chi connectivity index (χ2n) is 3.56. The van der Waals surface area contributed by atoms with Gasteiger partial charge in [0.25, 0.3) is 0 Å². The summed E-state index contributed by atoms with van der Waals surface area (Å²) in [6.07, 6.45) is 2.48. The first kappa shape index (κ1) is 12.1. The van der Waals surface area contributed by atoms with Crippen LogP contribution in [-0.4, -0.2) is 19.7 Å². The smallest absolute Gasteiger partial charge is 0.181 e. The number of hydrogen-bond donors (Lipinski definition) is 0. The van der Waals surface area contributed by atoms with Crippen LogP contribution in [-0.2, 0) is 15.7 Å². The zero-order valence-corrected chi connectivity index (χ0v) is 10.6. The molecule has 6 heteroatoms. The second-order valence-corrected chi connectivity index (χ2v) is 5.84. The van der Waals surface area contributed by atoms with Gasteiger partial charge >= 0.3 is 0 Å². The predicted molar refractivity (Wildman–Crippen MR) is 64.6 cm³/mol. The Morgan fingerprint density at radius 1 is 1.29 bits per heavy atom. The normalized spacial score (nSPS) is 11.6. The third kappa shape index (κ3) is 2.50. The molecule has 0 radical (unpaired) electrons. The minimum absolute atomic E-state index is 0.250. The first-order chi connectivity index (χ1) is 8.02. The Balaban J connectivity index is 2.43. The Bertz CT molecular complexity index is 616. The molecular weight excluding hydrogens is 262 g/mol. The van der Waals surface area contributed by atoms with E-state index in [1.54, 1.807) is 12.1 Å². The van der Waals surface area contributed by atoms with Gasteiger partial charge in [0.1, 0.15) is 5.69 Å². The topological polar surface area (TPSA) is 60.2 Å². The lowest BCUT2D eigenvalue weighted by atomic mass is 10.1. The van der Waals surface area contributed by atoms with E-state index >= 15 is 0 Å². The van der Waals surface area contributed by atoms with Crippen LogP contribution in [0.25, 0.3) is 11.3 Å². The number of rotatable bonds is 3. The van der Waals surface area contributed by atoms with Gasteiger partial charge in [0.05, 0.1) is 10.8 Å². The Hall–Kier alpha value is -1.33. The highest BCUT2D eigenvalue weighted by molar-refractivity contribution is 7.90. The van der Waals surface area contributed by atoms with Crippen molar-refractivity contribution in [3.05, 3.63) is 36.4 Å². The SMILES string of the molecule is CS(=O)(=O)c1ccc(-c2ocnc2CCl)cc1. The number of alkyl halides is 1. The zero-order chi connectivity index (χ0) is 12.5. The van der Waals surface area contributed by atoms with Crippen LogP contribution in [0.1, 0.15) is 5.69 Å². The summed E-state index contributed by atoms with van der Waals surface area (Å²) in [5.74, 6) is 0.819. The molecule has 0 fully saturated rings. The van der Waals surface area contributed by atoms with Crippen molar-refractivity contribution in [1.82, 2.24) is 4.98 Å². The third-order valence-corrected chi connectivity index (χ3v) is 3.69. The van der Waals surface area contributed by atoms with Crippen LogP contribution < -0.4 is 0 Å². The average molecular weight is 272 g/mol. The number of benzene rings is 1. The highest BCUT2D eigenvalue weighted by Crippen LogP contribution is 2.25. The lowest BCUT2D eigenvalue weighted by Gasteiger charge is -2.01. The molecule has 0 atom stereocenters. The summed E-state index contributed by atoms with van der Waals surface area (Å²) < 4.78 is 27.8. The van der Waals surface area contributed by atoms with Gasteiger partial charge in [0.2, 0.25) is 0 Å². The molecule has 0 saturated carbocycles. The molecule has 2 rings (SSSR count). The summed E-state index contributed by atoms with van der Waals surface area (Å²) in [5, 5.41) is 0. The molecule has 0 unspecified atom stereocenters. The summed E-state index contributed by atoms with van der Waals surface area (Å²) in [5.41, 5.74) is 1.39. The van der Waals surface area contributed by atoms with Crippen LogP contribution in [0.5, 0.6) is 0 Å². The van der Waals surface area contributed by atoms with Gasteiger partial charge in [0, 0.05) is 11.8 Å². The molecule has 17 heavy (non-hydrogen) atoms. The highest BCUT2D eigenvalue weighted by Gasteiger charge is 2.11. The van der Waals surface area contributed by atoms with Crippen LogP contribution >= 0.6 is 11.6 Å². The molecule has 4 nitrogen and oxygen atoms in total. The number of hydrogen-bond acceptors (Lipinski definition) is 4. The zero-order valence-electron chi connectivity index (χ0n) is 9.05. The van der Waals surface area contributed by atoms with Crippen LogP contribution in [0.3, 0.4) is 0 Å². The summed E-state index contributed by atoms with van der Waals surface area (Å²) in [7, 11) is -3.18. The van der Waals surface area contributed by atoms with Gasteiger partial charge in [-0.05, 0) is 24.3 Å². The first-order valence-electron chi connectivity index (χ1n) is 4.81. The van der Waals surface area contributed by atoms with E-state index in [4.69, 9.17) is 16.0 Å². The van der Waals surface area contributed by atoms with Crippen LogP contribution in [0.2, 0.25) is 0 Å². The van der Waals surface area contributed by atoms with E-state index in [0.29, 0.717) is 11.5 Å². The lowest BCUT2D eigenvalue weighted by molar-refractivity contribution is 0.571. The minimum Gasteiger partial charge on any atom is -0.443 e. The van der Waals surface area contributed by atoms with Crippen molar-refractivity contribution in [3.8, 4) is 11.3 Å². The van der Waals surface area contributed by atoms with Gasteiger partial charge in [-0.3, -0.25) is 0 Å². The van der Waals surface area contributed by atoms with Crippen molar-refractivity contribution >= 4 is 21.4 Å². The second kappa shape index (κ2) is 4.50. The molecule has 0 aliphatic heterocycles. The van der Waals surface area contributed by atoms with E-state index in [1.165, 1.54) is 24.8 Å². The minimum atomic E-state index is -3.18. The molecule has 0 spiro atoms. The summed E-state index contributed by atoms with van der Waals surface area (Å²) in [6.45, 7) is 0. The van der Waals surface area contributed by atoms with Crippen molar-refractivity contribution in [3.63, 3.8) is 0 Å². The molecule has 1 heterocycles. The Labute approximate surface area is 104 Å². The van der Waals surface area contributed by atoms with E-state index in [0.717, 1.165) is 5.56 Å². The molecule has 90 valence electrons. The Morgan fingerprint density at radius 2 is 1.94 bits per heavy atom. The largest absolute Gasteiger partial charge is 0.443 e.